The van der Waals surface area contributed by atoms with Crippen molar-refractivity contribution in [3.05, 3.63) is 70.7 Å². The molecule has 0 aliphatic carbocycles. The second-order valence-corrected chi connectivity index (χ2v) is 6.08. The summed E-state index contributed by atoms with van der Waals surface area (Å²) < 4.78 is 4.98. The first-order chi connectivity index (χ1) is 12.0. The van der Waals surface area contributed by atoms with E-state index in [-0.39, 0.29) is 30.9 Å². The maximum absolute atomic E-state index is 13.0. The summed E-state index contributed by atoms with van der Waals surface area (Å²) in [6, 6.07) is 16.3. The van der Waals surface area contributed by atoms with Crippen LogP contribution in [0.2, 0.25) is 5.02 Å². The van der Waals surface area contributed by atoms with E-state index in [1.807, 2.05) is 37.3 Å². The van der Waals surface area contributed by atoms with Crippen LogP contribution in [-0.2, 0) is 9.53 Å². The predicted octanol–water partition coefficient (Wildman–Crippen LogP) is 4.50. The third-order valence-corrected chi connectivity index (χ3v) is 4.22. The first-order valence-corrected chi connectivity index (χ1v) is 8.67. The smallest absolute Gasteiger partial charge is 0.307 e. The number of rotatable bonds is 7. The molecule has 0 aliphatic rings. The molecule has 0 radical (unpaired) electrons. The summed E-state index contributed by atoms with van der Waals surface area (Å²) in [5.74, 6) is -0.450. The van der Waals surface area contributed by atoms with Crippen LogP contribution in [0, 0.1) is 0 Å². The van der Waals surface area contributed by atoms with Crippen LogP contribution in [0.15, 0.2) is 54.6 Å². The first-order valence-electron chi connectivity index (χ1n) is 8.30. The van der Waals surface area contributed by atoms with Gasteiger partial charge in [0.15, 0.2) is 0 Å². The van der Waals surface area contributed by atoms with Gasteiger partial charge >= 0.3 is 5.97 Å². The van der Waals surface area contributed by atoms with Crippen LogP contribution < -0.4 is 0 Å². The van der Waals surface area contributed by atoms with Crippen molar-refractivity contribution >= 4 is 23.5 Å². The second kappa shape index (κ2) is 9.23. The SMILES string of the molecule is CCOC(=O)CCN(C(=O)c1ccc(Cl)cc1)C(C)c1ccccc1. The lowest BCUT2D eigenvalue weighted by atomic mass is 10.1. The molecule has 132 valence electrons. The summed E-state index contributed by atoms with van der Waals surface area (Å²) in [5.41, 5.74) is 1.55. The number of benzene rings is 2. The number of carbonyl (C=O) groups is 2. The van der Waals surface area contributed by atoms with Gasteiger partial charge in [-0.3, -0.25) is 9.59 Å². The van der Waals surface area contributed by atoms with Crippen molar-refractivity contribution in [3.8, 4) is 0 Å². The van der Waals surface area contributed by atoms with Crippen LogP contribution in [0.25, 0.3) is 0 Å². The van der Waals surface area contributed by atoms with E-state index < -0.39 is 0 Å². The quantitative estimate of drug-likeness (QED) is 0.684. The van der Waals surface area contributed by atoms with Crippen LogP contribution >= 0.6 is 11.6 Å². The number of hydrogen-bond acceptors (Lipinski definition) is 3. The second-order valence-electron chi connectivity index (χ2n) is 5.65. The van der Waals surface area contributed by atoms with Crippen LogP contribution in [0.5, 0.6) is 0 Å². The van der Waals surface area contributed by atoms with Crippen LogP contribution in [0.1, 0.15) is 42.2 Å². The number of nitrogens with zero attached hydrogens (tertiary/aromatic N) is 1. The van der Waals surface area contributed by atoms with Crippen molar-refractivity contribution in [1.29, 1.82) is 0 Å². The van der Waals surface area contributed by atoms with Gasteiger partial charge in [-0.1, -0.05) is 41.9 Å². The Bertz CT molecular complexity index is 701. The maximum Gasteiger partial charge on any atom is 0.307 e. The Morgan fingerprint density at radius 2 is 1.72 bits per heavy atom. The van der Waals surface area contributed by atoms with Gasteiger partial charge in [0.1, 0.15) is 0 Å². The highest BCUT2D eigenvalue weighted by molar-refractivity contribution is 6.30. The molecule has 2 aromatic rings. The van der Waals surface area contributed by atoms with Crippen LogP contribution in [0.3, 0.4) is 0 Å². The van der Waals surface area contributed by atoms with E-state index >= 15 is 0 Å². The van der Waals surface area contributed by atoms with E-state index in [0.717, 1.165) is 5.56 Å². The molecule has 4 nitrogen and oxygen atoms in total. The van der Waals surface area contributed by atoms with E-state index in [0.29, 0.717) is 17.2 Å². The van der Waals surface area contributed by atoms with Gasteiger partial charge in [-0.15, -0.1) is 0 Å². The summed E-state index contributed by atoms with van der Waals surface area (Å²) in [6.07, 6.45) is 0.157. The maximum atomic E-state index is 13.0. The molecule has 1 atom stereocenters. The molecule has 2 rings (SSSR count). The number of amides is 1. The van der Waals surface area contributed by atoms with Gasteiger partial charge in [-0.2, -0.15) is 0 Å². The molecule has 0 saturated carbocycles. The molecule has 0 aromatic heterocycles. The standard InChI is InChI=1S/C20H22ClNO3/c1-3-25-19(23)13-14-22(15(2)16-7-5-4-6-8-16)20(24)17-9-11-18(21)12-10-17/h4-12,15H,3,13-14H2,1-2H3. The van der Waals surface area contributed by atoms with Gasteiger partial charge in [0, 0.05) is 17.1 Å². The molecule has 2 aromatic carbocycles. The Morgan fingerprint density at radius 3 is 2.32 bits per heavy atom. The number of esters is 1. The third kappa shape index (κ3) is 5.33. The van der Waals surface area contributed by atoms with Crippen molar-refractivity contribution < 1.29 is 14.3 Å². The van der Waals surface area contributed by atoms with Gasteiger partial charge in [0.2, 0.25) is 0 Å². The fourth-order valence-electron chi connectivity index (χ4n) is 2.59. The van der Waals surface area contributed by atoms with Gasteiger partial charge < -0.3 is 9.64 Å². The number of ether oxygens (including phenoxy) is 1. The minimum absolute atomic E-state index is 0.141. The molecule has 1 unspecified atom stereocenters. The van der Waals surface area contributed by atoms with Gasteiger partial charge in [-0.05, 0) is 43.7 Å². The summed E-state index contributed by atoms with van der Waals surface area (Å²) in [7, 11) is 0. The normalized spacial score (nSPS) is 11.6. The first kappa shape index (κ1) is 19.0. The van der Waals surface area contributed by atoms with Crippen LogP contribution in [0.4, 0.5) is 0 Å². The number of halogens is 1. The summed E-state index contributed by atoms with van der Waals surface area (Å²) >= 11 is 5.91. The number of hydrogen-bond donors (Lipinski definition) is 0. The highest BCUT2D eigenvalue weighted by Gasteiger charge is 2.23. The molecule has 0 spiro atoms. The zero-order valence-corrected chi connectivity index (χ0v) is 15.2. The number of carbonyl (C=O) groups excluding carboxylic acids is 2. The molecular weight excluding hydrogens is 338 g/mol. The van der Waals surface area contributed by atoms with E-state index in [1.54, 1.807) is 36.1 Å². The fraction of sp³-hybridized carbons (Fsp3) is 0.300. The lowest BCUT2D eigenvalue weighted by molar-refractivity contribution is -0.143. The van der Waals surface area contributed by atoms with E-state index in [1.165, 1.54) is 0 Å². The summed E-state index contributed by atoms with van der Waals surface area (Å²) in [6.45, 7) is 4.34. The Hall–Kier alpha value is -2.33. The Balaban J connectivity index is 2.22. The van der Waals surface area contributed by atoms with Gasteiger partial charge in [-0.25, -0.2) is 0 Å². The molecule has 0 heterocycles. The van der Waals surface area contributed by atoms with E-state index in [2.05, 4.69) is 0 Å². The molecule has 0 saturated heterocycles. The zero-order valence-electron chi connectivity index (χ0n) is 14.4. The Morgan fingerprint density at radius 1 is 1.08 bits per heavy atom. The molecule has 5 heteroatoms. The summed E-state index contributed by atoms with van der Waals surface area (Å²) in [4.78, 5) is 26.4. The molecule has 0 fully saturated rings. The zero-order chi connectivity index (χ0) is 18.2. The van der Waals surface area contributed by atoms with E-state index in [4.69, 9.17) is 16.3 Å². The lowest BCUT2D eigenvalue weighted by Gasteiger charge is -2.29. The van der Waals surface area contributed by atoms with E-state index in [9.17, 15) is 9.59 Å². The Kier molecular flexibility index (Phi) is 7.02. The Labute approximate surface area is 153 Å². The summed E-state index contributed by atoms with van der Waals surface area (Å²) in [5, 5.41) is 0.575. The third-order valence-electron chi connectivity index (χ3n) is 3.96. The highest BCUT2D eigenvalue weighted by Crippen LogP contribution is 2.23. The minimum atomic E-state index is -0.309. The van der Waals surface area contributed by atoms with Crippen molar-refractivity contribution in [3.63, 3.8) is 0 Å². The highest BCUT2D eigenvalue weighted by atomic mass is 35.5. The molecular formula is C20H22ClNO3. The largest absolute Gasteiger partial charge is 0.466 e. The average molecular weight is 360 g/mol. The van der Waals surface area contributed by atoms with Gasteiger partial charge in [0.25, 0.3) is 5.91 Å². The minimum Gasteiger partial charge on any atom is -0.466 e. The lowest BCUT2D eigenvalue weighted by Crippen LogP contribution is -2.35. The molecule has 0 N–H and O–H groups in total. The topological polar surface area (TPSA) is 46.6 Å². The van der Waals surface area contributed by atoms with Gasteiger partial charge in [0.05, 0.1) is 19.1 Å². The van der Waals surface area contributed by atoms with Crippen molar-refractivity contribution in [2.45, 2.75) is 26.3 Å². The molecule has 1 amide bonds. The molecule has 0 bridgehead atoms. The molecule has 25 heavy (non-hydrogen) atoms. The fourth-order valence-corrected chi connectivity index (χ4v) is 2.71. The van der Waals surface area contributed by atoms with Crippen molar-refractivity contribution in [2.24, 2.45) is 0 Å². The average Bonchev–Trinajstić information content (AvgIpc) is 2.63. The van der Waals surface area contributed by atoms with Crippen molar-refractivity contribution in [1.82, 2.24) is 4.90 Å². The molecule has 0 aliphatic heterocycles. The van der Waals surface area contributed by atoms with Crippen molar-refractivity contribution in [2.75, 3.05) is 13.2 Å². The predicted molar refractivity (Wildman–Crippen MR) is 98.6 cm³/mol. The monoisotopic (exact) mass is 359 g/mol. The van der Waals surface area contributed by atoms with Crippen LogP contribution in [-0.4, -0.2) is 29.9 Å².